The molecule has 152 valence electrons. The van der Waals surface area contributed by atoms with Gasteiger partial charge >= 0.3 is 0 Å². The summed E-state index contributed by atoms with van der Waals surface area (Å²) in [6, 6.07) is 9.85. The minimum Gasteiger partial charge on any atom is -0.302 e. The van der Waals surface area contributed by atoms with Crippen LogP contribution < -0.4 is 5.56 Å². The van der Waals surface area contributed by atoms with E-state index in [1.54, 1.807) is 0 Å². The van der Waals surface area contributed by atoms with Gasteiger partial charge in [-0.15, -0.1) is 0 Å². The van der Waals surface area contributed by atoms with Crippen LogP contribution in [-0.4, -0.2) is 32.1 Å². The number of rotatable bonds is 2. The fraction of sp³-hybridized carbons (Fsp3) is 0.680. The number of hydrogen-bond acceptors (Lipinski definition) is 3. The van der Waals surface area contributed by atoms with Gasteiger partial charge in [0.2, 0.25) is 0 Å². The number of nitrogens with zero attached hydrogens (tertiary/aromatic N) is 3. The standard InChI is InChI=1S/C25H31N3O/c29-24-15-26-22-3-1-2-4-23(22)27(24)21-10-19-5-6-20(11-21)28(19)25-12-16-7-17(13-25)9-18(8-16)14-25/h1-4,15-21H,5-14H2. The van der Waals surface area contributed by atoms with Gasteiger partial charge in [0.1, 0.15) is 0 Å². The van der Waals surface area contributed by atoms with Crippen LogP contribution in [0.15, 0.2) is 35.3 Å². The summed E-state index contributed by atoms with van der Waals surface area (Å²) in [7, 11) is 0. The normalized spacial score (nSPS) is 43.3. The summed E-state index contributed by atoms with van der Waals surface area (Å²) in [6.07, 6.45) is 15.4. The van der Waals surface area contributed by atoms with E-state index in [1.807, 2.05) is 18.2 Å². The molecule has 4 nitrogen and oxygen atoms in total. The Balaban J connectivity index is 1.24. The molecule has 4 saturated carbocycles. The average Bonchev–Trinajstić information content (AvgIpc) is 2.98. The van der Waals surface area contributed by atoms with Crippen LogP contribution in [0.4, 0.5) is 0 Å². The zero-order chi connectivity index (χ0) is 19.2. The number of benzene rings is 1. The Labute approximate surface area is 172 Å². The first kappa shape index (κ1) is 17.0. The van der Waals surface area contributed by atoms with Gasteiger partial charge < -0.3 is 4.57 Å². The highest BCUT2D eigenvalue weighted by atomic mass is 16.1. The summed E-state index contributed by atoms with van der Waals surface area (Å²) < 4.78 is 2.09. The van der Waals surface area contributed by atoms with Gasteiger partial charge in [0.25, 0.3) is 5.56 Å². The third-order valence-corrected chi connectivity index (χ3v) is 9.32. The van der Waals surface area contributed by atoms with Gasteiger partial charge in [0.15, 0.2) is 0 Å². The van der Waals surface area contributed by atoms with Crippen LogP contribution in [0.2, 0.25) is 0 Å². The lowest BCUT2D eigenvalue weighted by atomic mass is 9.52. The highest BCUT2D eigenvalue weighted by Crippen LogP contribution is 2.61. The third kappa shape index (κ3) is 2.41. The fourth-order valence-electron chi connectivity index (χ4n) is 8.97. The van der Waals surface area contributed by atoms with E-state index in [4.69, 9.17) is 0 Å². The van der Waals surface area contributed by atoms with Crippen LogP contribution in [0.5, 0.6) is 0 Å². The number of hydrogen-bond donors (Lipinski definition) is 0. The van der Waals surface area contributed by atoms with Crippen molar-refractivity contribution in [3.8, 4) is 0 Å². The van der Waals surface area contributed by atoms with Crippen molar-refractivity contribution < 1.29 is 0 Å². The smallest absolute Gasteiger partial charge is 0.269 e. The van der Waals surface area contributed by atoms with Crippen LogP contribution in [0, 0.1) is 17.8 Å². The predicted octanol–water partition coefficient (Wildman–Crippen LogP) is 4.53. The summed E-state index contributed by atoms with van der Waals surface area (Å²) in [5.74, 6) is 3.01. The Morgan fingerprint density at radius 2 is 1.45 bits per heavy atom. The Morgan fingerprint density at radius 3 is 2.10 bits per heavy atom. The van der Waals surface area contributed by atoms with Gasteiger partial charge in [-0.3, -0.25) is 9.69 Å². The first-order valence-corrected chi connectivity index (χ1v) is 11.9. The Hall–Kier alpha value is -1.68. The van der Waals surface area contributed by atoms with E-state index in [0.717, 1.165) is 41.6 Å². The van der Waals surface area contributed by atoms with Gasteiger partial charge in [-0.1, -0.05) is 12.1 Å². The van der Waals surface area contributed by atoms with E-state index in [1.165, 1.54) is 57.6 Å². The summed E-state index contributed by atoms with van der Waals surface area (Å²) in [6.45, 7) is 0. The monoisotopic (exact) mass is 389 g/mol. The van der Waals surface area contributed by atoms with Gasteiger partial charge in [0, 0.05) is 23.7 Å². The molecular weight excluding hydrogens is 358 g/mol. The molecule has 29 heavy (non-hydrogen) atoms. The Bertz CT molecular complexity index is 977. The largest absolute Gasteiger partial charge is 0.302 e. The molecule has 1 aromatic heterocycles. The maximum Gasteiger partial charge on any atom is 0.269 e. The second-order valence-corrected chi connectivity index (χ2v) is 11.0. The predicted molar refractivity (Wildman–Crippen MR) is 114 cm³/mol. The number of para-hydroxylation sites is 2. The molecule has 2 saturated heterocycles. The van der Waals surface area contributed by atoms with Crippen molar-refractivity contribution >= 4 is 11.0 Å². The minimum absolute atomic E-state index is 0.0800. The second-order valence-electron chi connectivity index (χ2n) is 11.0. The number of fused-ring (bicyclic) bond motifs is 3. The van der Waals surface area contributed by atoms with Crippen LogP contribution in [-0.2, 0) is 0 Å². The molecule has 2 unspecified atom stereocenters. The van der Waals surface area contributed by atoms with Crippen LogP contribution in [0.3, 0.4) is 0 Å². The van der Waals surface area contributed by atoms with Crippen LogP contribution in [0.1, 0.15) is 70.3 Å². The highest BCUT2D eigenvalue weighted by molar-refractivity contribution is 5.74. The van der Waals surface area contributed by atoms with Gasteiger partial charge in [-0.2, -0.15) is 0 Å². The Kier molecular flexibility index (Phi) is 3.49. The van der Waals surface area contributed by atoms with E-state index in [-0.39, 0.29) is 5.56 Å². The maximum absolute atomic E-state index is 12.9. The quantitative estimate of drug-likeness (QED) is 0.757. The third-order valence-electron chi connectivity index (χ3n) is 9.32. The van der Waals surface area contributed by atoms with Gasteiger partial charge in [0.05, 0.1) is 17.2 Å². The number of aromatic nitrogens is 2. The molecular formula is C25H31N3O. The van der Waals surface area contributed by atoms with Gasteiger partial charge in [-0.05, 0) is 94.1 Å². The van der Waals surface area contributed by atoms with Crippen LogP contribution in [0.25, 0.3) is 11.0 Å². The molecule has 2 atom stereocenters. The van der Waals surface area contributed by atoms with Crippen molar-refractivity contribution in [1.29, 1.82) is 0 Å². The van der Waals surface area contributed by atoms with Crippen LogP contribution >= 0.6 is 0 Å². The van der Waals surface area contributed by atoms with Crippen molar-refractivity contribution in [2.45, 2.75) is 87.9 Å². The molecule has 0 spiro atoms. The summed E-state index contributed by atoms with van der Waals surface area (Å²) in [4.78, 5) is 20.3. The maximum atomic E-state index is 12.9. The molecule has 8 rings (SSSR count). The fourth-order valence-corrected chi connectivity index (χ4v) is 8.97. The van der Waals surface area contributed by atoms with E-state index < -0.39 is 0 Å². The summed E-state index contributed by atoms with van der Waals surface area (Å²) in [5, 5.41) is 0. The minimum atomic E-state index is 0.0800. The lowest BCUT2D eigenvalue weighted by molar-refractivity contribution is -0.121. The van der Waals surface area contributed by atoms with Crippen molar-refractivity contribution in [2.24, 2.45) is 17.8 Å². The molecule has 2 aromatic rings. The van der Waals surface area contributed by atoms with Crippen molar-refractivity contribution in [1.82, 2.24) is 14.5 Å². The SMILES string of the molecule is O=c1cnc2ccccc2n1C1CC2CCC(C1)N2C12CC3CC(CC(C3)C1)C2. The highest BCUT2D eigenvalue weighted by Gasteiger charge is 2.58. The molecule has 6 fully saturated rings. The molecule has 0 radical (unpaired) electrons. The zero-order valence-electron chi connectivity index (χ0n) is 17.2. The van der Waals surface area contributed by atoms with Crippen molar-refractivity contribution in [2.75, 3.05) is 0 Å². The molecule has 0 N–H and O–H groups in total. The van der Waals surface area contributed by atoms with E-state index in [0.29, 0.717) is 23.7 Å². The Morgan fingerprint density at radius 1 is 0.828 bits per heavy atom. The van der Waals surface area contributed by atoms with Crippen molar-refractivity contribution in [3.05, 3.63) is 40.8 Å². The van der Waals surface area contributed by atoms with E-state index in [2.05, 4.69) is 20.5 Å². The first-order valence-electron chi connectivity index (χ1n) is 11.9. The molecule has 1 aromatic carbocycles. The topological polar surface area (TPSA) is 38.1 Å². The van der Waals surface area contributed by atoms with E-state index in [9.17, 15) is 4.79 Å². The molecule has 3 heterocycles. The summed E-state index contributed by atoms with van der Waals surface area (Å²) in [5.41, 5.74) is 2.56. The average molecular weight is 390 g/mol. The lowest BCUT2D eigenvalue weighted by Crippen LogP contribution is -2.64. The van der Waals surface area contributed by atoms with E-state index >= 15 is 0 Å². The first-order chi connectivity index (χ1) is 14.2. The number of piperidine rings is 1. The molecule has 4 aliphatic carbocycles. The molecule has 6 bridgehead atoms. The molecule has 2 aliphatic heterocycles. The second kappa shape index (κ2) is 5.94. The summed E-state index contributed by atoms with van der Waals surface area (Å²) >= 11 is 0. The lowest BCUT2D eigenvalue weighted by Gasteiger charge is -2.63. The molecule has 6 aliphatic rings. The van der Waals surface area contributed by atoms with Gasteiger partial charge in [-0.25, -0.2) is 4.98 Å². The molecule has 4 heteroatoms. The zero-order valence-corrected chi connectivity index (χ0v) is 17.2. The molecule has 0 amide bonds. The van der Waals surface area contributed by atoms with Crippen molar-refractivity contribution in [3.63, 3.8) is 0 Å².